The van der Waals surface area contributed by atoms with Gasteiger partial charge in [0.15, 0.2) is 0 Å². The summed E-state index contributed by atoms with van der Waals surface area (Å²) in [6, 6.07) is 16.2. The second-order valence-electron chi connectivity index (χ2n) is 11.1. The Morgan fingerprint density at radius 3 is 2.57 bits per heavy atom. The molecule has 5 rings (SSSR count). The zero-order valence-corrected chi connectivity index (χ0v) is 20.8. The normalized spacial score (nSPS) is 18.0. The second kappa shape index (κ2) is 9.15. The number of hydrogen-bond acceptors (Lipinski definition) is 3. The molecule has 1 saturated heterocycles. The van der Waals surface area contributed by atoms with Crippen LogP contribution in [0.25, 0.3) is 10.9 Å². The van der Waals surface area contributed by atoms with Gasteiger partial charge in [0, 0.05) is 48.6 Å². The predicted molar refractivity (Wildman–Crippen MR) is 139 cm³/mol. The van der Waals surface area contributed by atoms with E-state index in [1.54, 1.807) is 0 Å². The van der Waals surface area contributed by atoms with Crippen molar-refractivity contribution in [3.63, 3.8) is 0 Å². The number of aromatic amines is 1. The van der Waals surface area contributed by atoms with E-state index in [9.17, 15) is 9.59 Å². The van der Waals surface area contributed by atoms with Crippen molar-refractivity contribution in [1.82, 2.24) is 15.2 Å². The Labute approximate surface area is 207 Å². The molecule has 2 amide bonds. The largest absolute Gasteiger partial charge is 0.361 e. The molecule has 1 fully saturated rings. The van der Waals surface area contributed by atoms with E-state index in [4.69, 9.17) is 5.73 Å². The molecule has 2 aliphatic rings. The summed E-state index contributed by atoms with van der Waals surface area (Å²) in [5.74, 6) is -0.187. The van der Waals surface area contributed by atoms with Crippen LogP contribution in [0.2, 0.25) is 0 Å². The van der Waals surface area contributed by atoms with Crippen molar-refractivity contribution in [1.29, 1.82) is 0 Å². The van der Waals surface area contributed by atoms with E-state index in [0.29, 0.717) is 6.42 Å². The zero-order valence-electron chi connectivity index (χ0n) is 20.8. The maximum Gasteiger partial charge on any atom is 0.245 e. The minimum absolute atomic E-state index is 0.000379. The Kier molecular flexibility index (Phi) is 6.18. The highest BCUT2D eigenvalue weighted by Crippen LogP contribution is 2.46. The first-order chi connectivity index (χ1) is 16.7. The Bertz CT molecular complexity index is 1230. The van der Waals surface area contributed by atoms with E-state index in [2.05, 4.69) is 40.6 Å². The topological polar surface area (TPSA) is 91.2 Å². The molecule has 0 unspecified atom stereocenters. The van der Waals surface area contributed by atoms with Gasteiger partial charge in [0.05, 0.1) is 0 Å². The van der Waals surface area contributed by atoms with Gasteiger partial charge in [-0.2, -0.15) is 0 Å². The predicted octanol–water partition coefficient (Wildman–Crippen LogP) is 3.83. The molecule has 1 aromatic heterocycles. The number of nitrogens with two attached hydrogens (primary N) is 1. The maximum atomic E-state index is 13.8. The van der Waals surface area contributed by atoms with Gasteiger partial charge in [0.2, 0.25) is 11.8 Å². The van der Waals surface area contributed by atoms with E-state index >= 15 is 0 Å². The van der Waals surface area contributed by atoms with Crippen LogP contribution in [-0.2, 0) is 27.8 Å². The molecule has 6 heteroatoms. The van der Waals surface area contributed by atoms with Crippen molar-refractivity contribution >= 4 is 22.7 Å². The van der Waals surface area contributed by atoms with Gasteiger partial charge in [-0.15, -0.1) is 0 Å². The van der Waals surface area contributed by atoms with Crippen LogP contribution >= 0.6 is 0 Å². The summed E-state index contributed by atoms with van der Waals surface area (Å²) in [5, 5.41) is 4.11. The fourth-order valence-electron chi connectivity index (χ4n) is 6.04. The van der Waals surface area contributed by atoms with E-state index in [1.807, 2.05) is 43.1 Å². The summed E-state index contributed by atoms with van der Waals surface area (Å²) in [7, 11) is 0. The molecule has 3 aromatic rings. The van der Waals surface area contributed by atoms with Crippen LogP contribution in [0.5, 0.6) is 0 Å². The van der Waals surface area contributed by atoms with Crippen LogP contribution in [-0.4, -0.2) is 46.4 Å². The highest BCUT2D eigenvalue weighted by molar-refractivity contribution is 5.90. The van der Waals surface area contributed by atoms with Crippen LogP contribution in [0.3, 0.4) is 0 Å². The number of rotatable bonds is 6. The van der Waals surface area contributed by atoms with Gasteiger partial charge >= 0.3 is 0 Å². The number of aromatic nitrogens is 1. The van der Waals surface area contributed by atoms with Crippen molar-refractivity contribution in [3.05, 3.63) is 71.4 Å². The number of likely N-dealkylation sites (tertiary alicyclic amines) is 1. The lowest BCUT2D eigenvalue weighted by atomic mass is 9.74. The number of H-pyrrole nitrogens is 1. The molecule has 2 heterocycles. The fraction of sp³-hybridized carbons (Fsp3) is 0.448. The summed E-state index contributed by atoms with van der Waals surface area (Å²) in [5.41, 5.74) is 10.6. The molecule has 1 aliphatic carbocycles. The lowest BCUT2D eigenvalue weighted by Crippen LogP contribution is -2.54. The molecule has 184 valence electrons. The SMILES string of the molecule is CC(C)(N)CC(=O)N[C@H](Cc1c[nH]c2ccccc12)C(=O)N1CCC2(CCc3ccccc32)CC1. The van der Waals surface area contributed by atoms with Crippen LogP contribution in [0.15, 0.2) is 54.7 Å². The molecule has 35 heavy (non-hydrogen) atoms. The van der Waals surface area contributed by atoms with Gasteiger partial charge in [0.1, 0.15) is 6.04 Å². The van der Waals surface area contributed by atoms with Gasteiger partial charge in [-0.25, -0.2) is 0 Å². The Morgan fingerprint density at radius 2 is 1.80 bits per heavy atom. The van der Waals surface area contributed by atoms with Crippen molar-refractivity contribution < 1.29 is 9.59 Å². The second-order valence-corrected chi connectivity index (χ2v) is 11.1. The molecular formula is C29H36N4O2. The van der Waals surface area contributed by atoms with Gasteiger partial charge < -0.3 is 20.9 Å². The van der Waals surface area contributed by atoms with Gasteiger partial charge in [-0.05, 0) is 67.7 Å². The summed E-state index contributed by atoms with van der Waals surface area (Å²) in [4.78, 5) is 31.8. The Hall–Kier alpha value is -3.12. The van der Waals surface area contributed by atoms with E-state index in [-0.39, 0.29) is 23.7 Å². The number of nitrogens with zero attached hydrogens (tertiary/aromatic N) is 1. The number of nitrogens with one attached hydrogen (secondary N) is 2. The molecule has 6 nitrogen and oxygen atoms in total. The average Bonchev–Trinajstić information content (AvgIpc) is 3.40. The number of aryl methyl sites for hydroxylation is 1. The smallest absolute Gasteiger partial charge is 0.245 e. The molecule has 1 atom stereocenters. The molecule has 1 spiro atoms. The van der Waals surface area contributed by atoms with Crippen LogP contribution in [0.4, 0.5) is 0 Å². The van der Waals surface area contributed by atoms with Gasteiger partial charge in [0.25, 0.3) is 0 Å². The highest BCUT2D eigenvalue weighted by atomic mass is 16.2. The third kappa shape index (κ3) is 4.85. The lowest BCUT2D eigenvalue weighted by Gasteiger charge is -2.41. The first-order valence-corrected chi connectivity index (χ1v) is 12.7. The quantitative estimate of drug-likeness (QED) is 0.509. The van der Waals surface area contributed by atoms with Crippen LogP contribution in [0, 0.1) is 0 Å². The summed E-state index contributed by atoms with van der Waals surface area (Å²) in [6.07, 6.45) is 6.80. The van der Waals surface area contributed by atoms with E-state index in [1.165, 1.54) is 11.1 Å². The first-order valence-electron chi connectivity index (χ1n) is 12.7. The van der Waals surface area contributed by atoms with Crippen molar-refractivity contribution in [2.24, 2.45) is 5.73 Å². The lowest BCUT2D eigenvalue weighted by molar-refractivity contribution is -0.138. The molecule has 2 aromatic carbocycles. The van der Waals surface area contributed by atoms with Crippen molar-refractivity contribution in [2.75, 3.05) is 13.1 Å². The summed E-state index contributed by atoms with van der Waals surface area (Å²) in [6.45, 7) is 5.09. The zero-order chi connectivity index (χ0) is 24.6. The van der Waals surface area contributed by atoms with Crippen molar-refractivity contribution in [3.8, 4) is 0 Å². The number of amides is 2. The molecule has 0 bridgehead atoms. The standard InChI is InChI=1S/C29H36N4O2/c1-28(2,30)18-26(34)32-25(17-21-19-31-24-10-6-4-8-22(21)24)27(35)33-15-13-29(14-16-33)12-11-20-7-3-5-9-23(20)29/h3-10,19,25,31H,11-18,30H2,1-2H3,(H,32,34)/t25-/m1/s1. The highest BCUT2D eigenvalue weighted by Gasteiger charge is 2.42. The Balaban J connectivity index is 1.33. The number of carbonyl (C=O) groups is 2. The average molecular weight is 473 g/mol. The number of benzene rings is 2. The number of carbonyl (C=O) groups excluding carboxylic acids is 2. The summed E-state index contributed by atoms with van der Waals surface area (Å²) < 4.78 is 0. The minimum atomic E-state index is -0.633. The first kappa shape index (κ1) is 23.6. The van der Waals surface area contributed by atoms with E-state index < -0.39 is 11.6 Å². The molecule has 1 aliphatic heterocycles. The van der Waals surface area contributed by atoms with Gasteiger partial charge in [-0.1, -0.05) is 42.5 Å². The van der Waals surface area contributed by atoms with Gasteiger partial charge in [-0.3, -0.25) is 9.59 Å². The third-order valence-electron chi connectivity index (χ3n) is 7.84. The number of piperidine rings is 1. The molecule has 4 N–H and O–H groups in total. The molecule has 0 saturated carbocycles. The van der Waals surface area contributed by atoms with E-state index in [0.717, 1.165) is 55.2 Å². The summed E-state index contributed by atoms with van der Waals surface area (Å²) >= 11 is 0. The molecular weight excluding hydrogens is 436 g/mol. The maximum absolute atomic E-state index is 13.8. The van der Waals surface area contributed by atoms with Crippen molar-refractivity contribution in [2.45, 2.75) is 69.4 Å². The van der Waals surface area contributed by atoms with Crippen LogP contribution < -0.4 is 11.1 Å². The number of para-hydroxylation sites is 1. The third-order valence-corrected chi connectivity index (χ3v) is 7.84. The monoisotopic (exact) mass is 472 g/mol. The number of hydrogen-bond donors (Lipinski definition) is 3. The minimum Gasteiger partial charge on any atom is -0.361 e. The number of fused-ring (bicyclic) bond motifs is 3. The fourth-order valence-corrected chi connectivity index (χ4v) is 6.04. The molecule has 0 radical (unpaired) electrons. The van der Waals surface area contributed by atoms with Crippen LogP contribution in [0.1, 0.15) is 56.2 Å². The Morgan fingerprint density at radius 1 is 1.09 bits per heavy atom.